The summed E-state index contributed by atoms with van der Waals surface area (Å²) in [4.78, 5) is 0. The molecule has 3 heteroatoms. The van der Waals surface area contributed by atoms with Crippen molar-refractivity contribution < 1.29 is 4.74 Å². The van der Waals surface area contributed by atoms with Gasteiger partial charge in [-0.3, -0.25) is 0 Å². The van der Waals surface area contributed by atoms with Gasteiger partial charge in [-0.15, -0.1) is 0 Å². The number of methoxy groups -OCH3 is 1. The van der Waals surface area contributed by atoms with Crippen molar-refractivity contribution in [2.75, 3.05) is 20.2 Å². The Morgan fingerprint density at radius 1 is 1.56 bits per heavy atom. The molecule has 0 amide bonds. The van der Waals surface area contributed by atoms with Crippen LogP contribution in [0.2, 0.25) is 0 Å². The molecular formula is C13H28N2O. The van der Waals surface area contributed by atoms with Crippen LogP contribution in [0.25, 0.3) is 0 Å². The molecule has 16 heavy (non-hydrogen) atoms. The molecule has 1 saturated carbocycles. The fourth-order valence-corrected chi connectivity index (χ4v) is 2.70. The van der Waals surface area contributed by atoms with Gasteiger partial charge in [0, 0.05) is 25.7 Å². The van der Waals surface area contributed by atoms with Crippen LogP contribution in [0.4, 0.5) is 0 Å². The van der Waals surface area contributed by atoms with Crippen molar-refractivity contribution in [3.05, 3.63) is 0 Å². The minimum absolute atomic E-state index is 0.172. The number of hydrogen-bond acceptors (Lipinski definition) is 3. The Morgan fingerprint density at radius 3 is 2.88 bits per heavy atom. The van der Waals surface area contributed by atoms with Gasteiger partial charge in [0.25, 0.3) is 0 Å². The highest BCUT2D eigenvalue weighted by Gasteiger charge is 2.34. The monoisotopic (exact) mass is 228 g/mol. The predicted octanol–water partition coefficient (Wildman–Crippen LogP) is 1.91. The smallest absolute Gasteiger partial charge is 0.0667 e. The first-order chi connectivity index (χ1) is 7.65. The highest BCUT2D eigenvalue weighted by molar-refractivity contribution is 4.94. The zero-order valence-corrected chi connectivity index (χ0v) is 11.1. The predicted molar refractivity (Wildman–Crippen MR) is 68.5 cm³/mol. The molecule has 3 unspecified atom stereocenters. The van der Waals surface area contributed by atoms with Gasteiger partial charge in [-0.2, -0.15) is 0 Å². The summed E-state index contributed by atoms with van der Waals surface area (Å²) in [6, 6.07) is 0. The molecule has 1 rings (SSSR count). The third-order valence-corrected chi connectivity index (χ3v) is 4.08. The first-order valence-corrected chi connectivity index (χ1v) is 6.63. The van der Waals surface area contributed by atoms with Crippen LogP contribution >= 0.6 is 0 Å². The lowest BCUT2D eigenvalue weighted by Gasteiger charge is -2.41. The van der Waals surface area contributed by atoms with Crippen LogP contribution in [-0.2, 0) is 4.74 Å². The van der Waals surface area contributed by atoms with Crippen molar-refractivity contribution in [3.8, 4) is 0 Å². The molecule has 0 aromatic carbocycles. The fourth-order valence-electron chi connectivity index (χ4n) is 2.70. The Kier molecular flexibility index (Phi) is 5.73. The number of nitrogens with one attached hydrogen (secondary N) is 1. The van der Waals surface area contributed by atoms with Crippen molar-refractivity contribution in [1.29, 1.82) is 0 Å². The van der Waals surface area contributed by atoms with E-state index in [-0.39, 0.29) is 11.6 Å². The van der Waals surface area contributed by atoms with Crippen LogP contribution in [0.15, 0.2) is 0 Å². The van der Waals surface area contributed by atoms with E-state index >= 15 is 0 Å². The average molecular weight is 228 g/mol. The number of nitrogens with two attached hydrogens (primary N) is 1. The zero-order chi connectivity index (χ0) is 12.0. The molecule has 3 nitrogen and oxygen atoms in total. The van der Waals surface area contributed by atoms with Crippen molar-refractivity contribution in [3.63, 3.8) is 0 Å². The molecule has 1 aliphatic carbocycles. The fraction of sp³-hybridized carbons (Fsp3) is 1.00. The summed E-state index contributed by atoms with van der Waals surface area (Å²) < 4.78 is 5.28. The normalized spacial score (nSPS) is 32.6. The molecule has 0 bridgehead atoms. The molecular weight excluding hydrogens is 200 g/mol. The second-order valence-corrected chi connectivity index (χ2v) is 5.28. The molecule has 0 spiro atoms. The van der Waals surface area contributed by atoms with Gasteiger partial charge >= 0.3 is 0 Å². The van der Waals surface area contributed by atoms with E-state index in [1.807, 2.05) is 0 Å². The molecule has 96 valence electrons. The Balaban J connectivity index is 2.48. The summed E-state index contributed by atoms with van der Waals surface area (Å²) in [5.41, 5.74) is 6.15. The first-order valence-electron chi connectivity index (χ1n) is 6.63. The first kappa shape index (κ1) is 13.9. The standard InChI is InChI=1S/C13H28N2O/c1-4-12-6-5-7-13(8-12,10-14)15-9-11(2)16-3/h11-12,15H,4-10,14H2,1-3H3. The molecule has 1 aliphatic rings. The van der Waals surface area contributed by atoms with Crippen molar-refractivity contribution in [2.24, 2.45) is 11.7 Å². The van der Waals surface area contributed by atoms with E-state index in [1.54, 1.807) is 7.11 Å². The van der Waals surface area contributed by atoms with E-state index in [4.69, 9.17) is 10.5 Å². The van der Waals surface area contributed by atoms with Crippen LogP contribution in [0.3, 0.4) is 0 Å². The SMILES string of the molecule is CCC1CCCC(CN)(NCC(C)OC)C1. The second-order valence-electron chi connectivity index (χ2n) is 5.28. The summed E-state index contributed by atoms with van der Waals surface area (Å²) in [6.45, 7) is 6.04. The zero-order valence-electron chi connectivity index (χ0n) is 11.1. The number of hydrogen-bond donors (Lipinski definition) is 2. The van der Waals surface area contributed by atoms with Gasteiger partial charge in [-0.1, -0.05) is 26.2 Å². The highest BCUT2D eigenvalue weighted by Crippen LogP contribution is 2.33. The second kappa shape index (κ2) is 6.58. The van der Waals surface area contributed by atoms with Gasteiger partial charge < -0.3 is 15.8 Å². The minimum atomic E-state index is 0.172. The summed E-state index contributed by atoms with van der Waals surface area (Å²) in [5.74, 6) is 0.850. The summed E-state index contributed by atoms with van der Waals surface area (Å²) in [7, 11) is 1.76. The van der Waals surface area contributed by atoms with E-state index in [0.717, 1.165) is 19.0 Å². The van der Waals surface area contributed by atoms with E-state index in [0.29, 0.717) is 0 Å². The van der Waals surface area contributed by atoms with Crippen LogP contribution in [0.5, 0.6) is 0 Å². The van der Waals surface area contributed by atoms with Crippen molar-refractivity contribution >= 4 is 0 Å². The Hall–Kier alpha value is -0.120. The van der Waals surface area contributed by atoms with Crippen LogP contribution < -0.4 is 11.1 Å². The maximum Gasteiger partial charge on any atom is 0.0667 e. The van der Waals surface area contributed by atoms with E-state index < -0.39 is 0 Å². The van der Waals surface area contributed by atoms with Crippen LogP contribution in [0, 0.1) is 5.92 Å². The van der Waals surface area contributed by atoms with Gasteiger partial charge in [-0.05, 0) is 25.7 Å². The van der Waals surface area contributed by atoms with Gasteiger partial charge in [0.05, 0.1) is 6.10 Å². The Morgan fingerprint density at radius 2 is 2.31 bits per heavy atom. The van der Waals surface area contributed by atoms with Gasteiger partial charge in [0.15, 0.2) is 0 Å². The summed E-state index contributed by atoms with van der Waals surface area (Å²) >= 11 is 0. The summed E-state index contributed by atoms with van der Waals surface area (Å²) in [6.07, 6.45) is 6.69. The molecule has 0 aromatic heterocycles. The molecule has 0 aliphatic heterocycles. The highest BCUT2D eigenvalue weighted by atomic mass is 16.5. The molecule has 3 N–H and O–H groups in total. The largest absolute Gasteiger partial charge is 0.380 e. The third-order valence-electron chi connectivity index (χ3n) is 4.08. The lowest BCUT2D eigenvalue weighted by Crippen LogP contribution is -2.55. The molecule has 0 aromatic rings. The van der Waals surface area contributed by atoms with Crippen molar-refractivity contribution in [1.82, 2.24) is 5.32 Å². The van der Waals surface area contributed by atoms with Gasteiger partial charge in [-0.25, -0.2) is 0 Å². The Labute approximate surface area is 100 Å². The molecule has 0 heterocycles. The lowest BCUT2D eigenvalue weighted by molar-refractivity contribution is 0.0944. The maximum absolute atomic E-state index is 5.98. The Bertz CT molecular complexity index is 198. The maximum atomic E-state index is 5.98. The molecule has 3 atom stereocenters. The number of ether oxygens (including phenoxy) is 1. The average Bonchev–Trinajstić information content (AvgIpc) is 2.36. The molecule has 1 fully saturated rings. The van der Waals surface area contributed by atoms with Gasteiger partial charge in [0.1, 0.15) is 0 Å². The van der Waals surface area contributed by atoms with E-state index in [1.165, 1.54) is 32.1 Å². The van der Waals surface area contributed by atoms with Gasteiger partial charge in [0.2, 0.25) is 0 Å². The lowest BCUT2D eigenvalue weighted by atomic mass is 9.74. The minimum Gasteiger partial charge on any atom is -0.380 e. The van der Waals surface area contributed by atoms with E-state index in [2.05, 4.69) is 19.2 Å². The number of rotatable bonds is 6. The quantitative estimate of drug-likeness (QED) is 0.730. The van der Waals surface area contributed by atoms with Crippen molar-refractivity contribution in [2.45, 2.75) is 57.6 Å². The third kappa shape index (κ3) is 3.72. The van der Waals surface area contributed by atoms with E-state index in [9.17, 15) is 0 Å². The van der Waals surface area contributed by atoms with Crippen LogP contribution in [-0.4, -0.2) is 31.8 Å². The van der Waals surface area contributed by atoms with Crippen LogP contribution in [0.1, 0.15) is 46.0 Å². The molecule has 0 radical (unpaired) electrons. The molecule has 0 saturated heterocycles. The summed E-state index contributed by atoms with van der Waals surface area (Å²) in [5, 5.41) is 3.65. The topological polar surface area (TPSA) is 47.3 Å².